The Bertz CT molecular complexity index is 735. The maximum Gasteiger partial charge on any atom is 0.263 e. The first-order valence-electron chi connectivity index (χ1n) is 6.01. The lowest BCUT2D eigenvalue weighted by atomic mass is 10.3. The van der Waals surface area contributed by atoms with Gasteiger partial charge in [0, 0.05) is 7.05 Å². The molecule has 114 valence electrons. The third-order valence-electron chi connectivity index (χ3n) is 2.76. The molecule has 9 heteroatoms. The van der Waals surface area contributed by atoms with Crippen LogP contribution in [0.25, 0.3) is 0 Å². The minimum absolute atomic E-state index is 0.262. The molecule has 7 nitrogen and oxygen atoms in total. The van der Waals surface area contributed by atoms with Crippen LogP contribution in [0.2, 0.25) is 0 Å². The van der Waals surface area contributed by atoms with Crippen LogP contribution in [0, 0.1) is 6.92 Å². The number of hydrogen-bond acceptors (Lipinski definition) is 6. The van der Waals surface area contributed by atoms with Crippen molar-refractivity contribution in [3.8, 4) is 0 Å². The second kappa shape index (κ2) is 5.86. The molecule has 0 aliphatic rings. The van der Waals surface area contributed by atoms with Crippen molar-refractivity contribution < 1.29 is 17.6 Å². The number of furan rings is 1. The summed E-state index contributed by atoms with van der Waals surface area (Å²) in [6, 6.07) is 3.49. The zero-order valence-electron chi connectivity index (χ0n) is 11.8. The minimum atomic E-state index is -3.40. The number of aromatic nitrogens is 1. The summed E-state index contributed by atoms with van der Waals surface area (Å²) in [6.45, 7) is 1.93. The summed E-state index contributed by atoms with van der Waals surface area (Å²) in [7, 11) is -2.00. The van der Waals surface area contributed by atoms with E-state index in [0.717, 1.165) is 21.9 Å². The standard InChI is InChI=1S/C12H15N3O4S2/c1-8-10(11(16)13-7-9-5-4-6-19-9)20-12(14-8)15(2)21(3,17)18/h4-6H,7H2,1-3H3,(H,13,16). The summed E-state index contributed by atoms with van der Waals surface area (Å²) in [6.07, 6.45) is 2.61. The van der Waals surface area contributed by atoms with E-state index in [0.29, 0.717) is 16.3 Å². The van der Waals surface area contributed by atoms with Gasteiger partial charge in [-0.2, -0.15) is 0 Å². The summed E-state index contributed by atoms with van der Waals surface area (Å²) in [5, 5.41) is 2.97. The Morgan fingerprint density at radius 2 is 2.24 bits per heavy atom. The number of amides is 1. The highest BCUT2D eigenvalue weighted by atomic mass is 32.2. The third kappa shape index (κ3) is 3.61. The molecule has 21 heavy (non-hydrogen) atoms. The van der Waals surface area contributed by atoms with Crippen molar-refractivity contribution in [1.29, 1.82) is 0 Å². The quantitative estimate of drug-likeness (QED) is 0.894. The molecular formula is C12H15N3O4S2. The zero-order chi connectivity index (χ0) is 15.6. The minimum Gasteiger partial charge on any atom is -0.467 e. The number of thiazole rings is 1. The fourth-order valence-corrected chi connectivity index (χ4v) is 3.22. The molecule has 2 aromatic rings. The highest BCUT2D eigenvalue weighted by molar-refractivity contribution is 7.92. The van der Waals surface area contributed by atoms with Crippen molar-refractivity contribution in [2.24, 2.45) is 0 Å². The van der Waals surface area contributed by atoms with Crippen LogP contribution in [0.5, 0.6) is 0 Å². The van der Waals surface area contributed by atoms with Crippen LogP contribution in [0.15, 0.2) is 22.8 Å². The molecule has 1 N–H and O–H groups in total. The molecule has 1 amide bonds. The highest BCUT2D eigenvalue weighted by Crippen LogP contribution is 2.26. The molecular weight excluding hydrogens is 314 g/mol. The number of nitrogens with one attached hydrogen (secondary N) is 1. The molecule has 2 rings (SSSR count). The number of rotatable bonds is 5. The van der Waals surface area contributed by atoms with Gasteiger partial charge in [0.25, 0.3) is 5.91 Å². The number of hydrogen-bond donors (Lipinski definition) is 1. The first-order chi connectivity index (χ1) is 9.79. The molecule has 0 radical (unpaired) electrons. The first kappa shape index (κ1) is 15.5. The summed E-state index contributed by atoms with van der Waals surface area (Å²) in [4.78, 5) is 16.6. The van der Waals surface area contributed by atoms with Gasteiger partial charge in [-0.1, -0.05) is 11.3 Å². The maximum absolute atomic E-state index is 12.1. The number of anilines is 1. The van der Waals surface area contributed by atoms with Crippen LogP contribution < -0.4 is 9.62 Å². The van der Waals surface area contributed by atoms with Crippen LogP contribution in [0.3, 0.4) is 0 Å². The first-order valence-corrected chi connectivity index (χ1v) is 8.67. The van der Waals surface area contributed by atoms with Gasteiger partial charge in [-0.05, 0) is 19.1 Å². The normalized spacial score (nSPS) is 11.4. The SMILES string of the molecule is Cc1nc(N(C)S(C)(=O)=O)sc1C(=O)NCc1ccco1. The molecule has 0 unspecified atom stereocenters. The van der Waals surface area contributed by atoms with Gasteiger partial charge in [0.1, 0.15) is 10.6 Å². The van der Waals surface area contributed by atoms with Crippen LogP contribution in [-0.2, 0) is 16.6 Å². The third-order valence-corrected chi connectivity index (χ3v) is 5.28. The van der Waals surface area contributed by atoms with Crippen molar-refractivity contribution in [3.05, 3.63) is 34.7 Å². The van der Waals surface area contributed by atoms with Gasteiger partial charge in [0.15, 0.2) is 5.13 Å². The van der Waals surface area contributed by atoms with E-state index >= 15 is 0 Å². The molecule has 0 aliphatic heterocycles. The van der Waals surface area contributed by atoms with Gasteiger partial charge >= 0.3 is 0 Å². The Balaban J connectivity index is 2.13. The molecule has 0 aromatic carbocycles. The lowest BCUT2D eigenvalue weighted by Crippen LogP contribution is -2.24. The van der Waals surface area contributed by atoms with Crippen LogP contribution in [0.4, 0.5) is 5.13 Å². The zero-order valence-corrected chi connectivity index (χ0v) is 13.4. The Labute approximate surface area is 126 Å². The number of aryl methyl sites for hydroxylation is 1. The maximum atomic E-state index is 12.1. The van der Waals surface area contributed by atoms with Gasteiger partial charge in [-0.3, -0.25) is 4.79 Å². The van der Waals surface area contributed by atoms with Crippen molar-refractivity contribution in [3.63, 3.8) is 0 Å². The van der Waals surface area contributed by atoms with E-state index in [1.54, 1.807) is 19.1 Å². The Kier molecular flexibility index (Phi) is 4.33. The van der Waals surface area contributed by atoms with E-state index in [1.165, 1.54) is 13.3 Å². The second-order valence-electron chi connectivity index (χ2n) is 4.40. The Morgan fingerprint density at radius 1 is 1.52 bits per heavy atom. The Hall–Kier alpha value is -1.87. The van der Waals surface area contributed by atoms with Gasteiger partial charge in [-0.15, -0.1) is 0 Å². The molecule has 0 spiro atoms. The topological polar surface area (TPSA) is 92.5 Å². The van der Waals surface area contributed by atoms with Crippen molar-refractivity contribution in [2.45, 2.75) is 13.5 Å². The van der Waals surface area contributed by atoms with Crippen LogP contribution in [-0.4, -0.2) is 32.6 Å². The van der Waals surface area contributed by atoms with E-state index in [2.05, 4.69) is 10.3 Å². The van der Waals surface area contributed by atoms with Crippen LogP contribution >= 0.6 is 11.3 Å². The summed E-state index contributed by atoms with van der Waals surface area (Å²) >= 11 is 1.03. The number of sulfonamides is 1. The van der Waals surface area contributed by atoms with Crippen LogP contribution in [0.1, 0.15) is 21.1 Å². The molecule has 0 saturated heterocycles. The summed E-state index contributed by atoms with van der Waals surface area (Å²) < 4.78 is 29.1. The largest absolute Gasteiger partial charge is 0.467 e. The number of carbonyl (C=O) groups is 1. The van der Waals surface area contributed by atoms with E-state index in [9.17, 15) is 13.2 Å². The van der Waals surface area contributed by atoms with E-state index < -0.39 is 10.0 Å². The fourth-order valence-electron chi connectivity index (χ4n) is 1.53. The highest BCUT2D eigenvalue weighted by Gasteiger charge is 2.21. The molecule has 0 atom stereocenters. The molecule has 2 aromatic heterocycles. The van der Waals surface area contributed by atoms with Crippen molar-refractivity contribution in [2.75, 3.05) is 17.6 Å². The van der Waals surface area contributed by atoms with E-state index in [1.807, 2.05) is 0 Å². The van der Waals surface area contributed by atoms with Gasteiger partial charge in [0.05, 0.1) is 24.8 Å². The predicted octanol–water partition coefficient (Wildman–Crippen LogP) is 1.37. The molecule has 0 fully saturated rings. The predicted molar refractivity (Wildman–Crippen MR) is 80.0 cm³/mol. The van der Waals surface area contributed by atoms with Crippen molar-refractivity contribution >= 4 is 32.4 Å². The molecule has 0 bridgehead atoms. The molecule has 0 saturated carbocycles. The lowest BCUT2D eigenvalue weighted by Gasteiger charge is -2.11. The summed E-state index contributed by atoms with van der Waals surface area (Å²) in [5.41, 5.74) is 0.488. The molecule has 2 heterocycles. The monoisotopic (exact) mass is 329 g/mol. The van der Waals surface area contributed by atoms with Crippen molar-refractivity contribution in [1.82, 2.24) is 10.3 Å². The average Bonchev–Trinajstić information content (AvgIpc) is 3.03. The summed E-state index contributed by atoms with van der Waals surface area (Å²) in [5.74, 6) is 0.327. The van der Waals surface area contributed by atoms with Gasteiger partial charge in [0.2, 0.25) is 10.0 Å². The lowest BCUT2D eigenvalue weighted by molar-refractivity contribution is 0.0951. The van der Waals surface area contributed by atoms with E-state index in [4.69, 9.17) is 4.42 Å². The van der Waals surface area contributed by atoms with Gasteiger partial charge in [-0.25, -0.2) is 17.7 Å². The van der Waals surface area contributed by atoms with Gasteiger partial charge < -0.3 is 9.73 Å². The van der Waals surface area contributed by atoms with E-state index in [-0.39, 0.29) is 17.6 Å². The fraction of sp³-hybridized carbons (Fsp3) is 0.333. The smallest absolute Gasteiger partial charge is 0.263 e. The average molecular weight is 329 g/mol. The number of nitrogens with zero attached hydrogens (tertiary/aromatic N) is 2. The Morgan fingerprint density at radius 3 is 2.81 bits per heavy atom. The second-order valence-corrected chi connectivity index (χ2v) is 7.39. The molecule has 0 aliphatic carbocycles. The number of carbonyl (C=O) groups excluding carboxylic acids is 1.